The molecule has 1 aliphatic carbocycles. The summed E-state index contributed by atoms with van der Waals surface area (Å²) in [6, 6.07) is 0. The summed E-state index contributed by atoms with van der Waals surface area (Å²) in [5.74, 6) is 6.42. The largest absolute Gasteiger partial charge is 0.532 e. The Labute approximate surface area is 130 Å². The molecule has 1 aliphatic rings. The van der Waals surface area contributed by atoms with Crippen molar-refractivity contribution in [3.8, 4) is 11.7 Å². The van der Waals surface area contributed by atoms with Crippen LogP contribution in [0.2, 0.25) is 0 Å². The predicted molar refractivity (Wildman–Crippen MR) is 88.7 cm³/mol. The zero-order valence-electron chi connectivity index (χ0n) is 14.4. The molecule has 4 heteroatoms. The van der Waals surface area contributed by atoms with Crippen molar-refractivity contribution in [1.82, 2.24) is 0 Å². The van der Waals surface area contributed by atoms with Gasteiger partial charge in [0.25, 0.3) is 0 Å². The van der Waals surface area contributed by atoms with Crippen molar-refractivity contribution in [1.29, 1.82) is 0 Å². The van der Waals surface area contributed by atoms with Gasteiger partial charge in [-0.15, -0.1) is 5.92 Å². The van der Waals surface area contributed by atoms with E-state index in [1.165, 1.54) is 18.4 Å². The fraction of sp³-hybridized carbons (Fsp3) is 0.765. The smallest absolute Gasteiger partial charge is 0.457 e. The van der Waals surface area contributed by atoms with E-state index in [4.69, 9.17) is 14.0 Å². The molecule has 0 saturated heterocycles. The second-order valence-corrected chi connectivity index (χ2v) is 6.44. The van der Waals surface area contributed by atoms with Crippen LogP contribution in [0.1, 0.15) is 67.2 Å². The van der Waals surface area contributed by atoms with Crippen LogP contribution in [0.25, 0.3) is 0 Å². The highest BCUT2D eigenvalue weighted by Gasteiger charge is 2.31. The van der Waals surface area contributed by atoms with Gasteiger partial charge in [-0.2, -0.15) is 0 Å². The normalized spacial score (nSPS) is 16.1. The summed E-state index contributed by atoms with van der Waals surface area (Å²) in [5.41, 5.74) is 1.18. The van der Waals surface area contributed by atoms with Gasteiger partial charge in [-0.1, -0.05) is 6.08 Å². The Hall–Kier alpha value is -0.755. The zero-order valence-corrected chi connectivity index (χ0v) is 14.4. The Bertz CT molecular complexity index is 375. The van der Waals surface area contributed by atoms with E-state index in [2.05, 4.69) is 17.8 Å². The lowest BCUT2D eigenvalue weighted by molar-refractivity contribution is 0.0163. The fourth-order valence-electron chi connectivity index (χ4n) is 2.41. The van der Waals surface area contributed by atoms with Gasteiger partial charge in [0, 0.05) is 18.3 Å². The highest BCUT2D eigenvalue weighted by atomic mass is 16.8. The third-order valence-electron chi connectivity index (χ3n) is 3.05. The molecule has 0 amide bonds. The van der Waals surface area contributed by atoms with Gasteiger partial charge in [0.15, 0.2) is 0 Å². The van der Waals surface area contributed by atoms with Gasteiger partial charge in [0.05, 0.1) is 0 Å². The summed E-state index contributed by atoms with van der Waals surface area (Å²) in [6.07, 6.45) is 6.84. The highest BCUT2D eigenvalue weighted by Crippen LogP contribution is 2.19. The molecule has 1 rings (SSSR count). The summed E-state index contributed by atoms with van der Waals surface area (Å²) in [7, 11) is 0. The van der Waals surface area contributed by atoms with Crippen LogP contribution < -0.4 is 0 Å². The minimum absolute atomic E-state index is 0.00265. The van der Waals surface area contributed by atoms with Gasteiger partial charge in [0.1, 0.15) is 0 Å². The lowest BCUT2D eigenvalue weighted by Gasteiger charge is -2.42. The molecule has 0 bridgehead atoms. The van der Waals surface area contributed by atoms with Crippen molar-refractivity contribution in [3.05, 3.63) is 11.6 Å². The van der Waals surface area contributed by atoms with E-state index in [1.807, 2.05) is 41.5 Å². The van der Waals surface area contributed by atoms with Crippen LogP contribution in [-0.2, 0) is 14.0 Å². The van der Waals surface area contributed by atoms with Crippen molar-refractivity contribution in [3.63, 3.8) is 0 Å². The minimum atomic E-state index is -2.04. The van der Waals surface area contributed by atoms with E-state index in [0.717, 1.165) is 12.8 Å². The van der Waals surface area contributed by atoms with Gasteiger partial charge in [-0.05, 0) is 72.8 Å². The maximum absolute atomic E-state index is 5.97. The van der Waals surface area contributed by atoms with Crippen LogP contribution in [0, 0.1) is 11.7 Å². The molecule has 0 aromatic rings. The molecular weight excluding hydrogens is 263 g/mol. The first-order chi connectivity index (χ1) is 9.83. The van der Waals surface area contributed by atoms with Crippen LogP contribution >= 0.6 is 0 Å². The first-order valence-electron chi connectivity index (χ1n) is 8.22. The predicted octanol–water partition coefficient (Wildman–Crippen LogP) is 4.24. The Morgan fingerprint density at radius 2 is 1.43 bits per heavy atom. The van der Waals surface area contributed by atoms with Crippen LogP contribution in [0.5, 0.6) is 0 Å². The van der Waals surface area contributed by atoms with Crippen molar-refractivity contribution in [2.45, 2.75) is 85.5 Å². The number of hydrogen-bond acceptors (Lipinski definition) is 3. The number of rotatable bonds is 6. The zero-order chi connectivity index (χ0) is 15.9. The van der Waals surface area contributed by atoms with Crippen LogP contribution in [0.15, 0.2) is 11.6 Å². The van der Waals surface area contributed by atoms with E-state index in [0.29, 0.717) is 0 Å². The van der Waals surface area contributed by atoms with E-state index < -0.39 is 6.75 Å². The quantitative estimate of drug-likeness (QED) is 0.541. The average Bonchev–Trinajstić information content (AvgIpc) is 2.35. The molecule has 0 saturated carbocycles. The Morgan fingerprint density at radius 1 is 0.905 bits per heavy atom. The third kappa shape index (κ3) is 7.17. The lowest BCUT2D eigenvalue weighted by atomic mass is 9.77. The molecule has 0 fully saturated rings. The molecule has 0 aromatic carbocycles. The number of hydrogen-bond donors (Lipinski definition) is 0. The molecule has 0 unspecified atom stereocenters. The van der Waals surface area contributed by atoms with Gasteiger partial charge in [0.2, 0.25) is 0 Å². The van der Waals surface area contributed by atoms with Gasteiger partial charge in [-0.3, -0.25) is 0 Å². The lowest BCUT2D eigenvalue weighted by Crippen LogP contribution is -2.50. The molecule has 0 heterocycles. The van der Waals surface area contributed by atoms with Gasteiger partial charge >= 0.3 is 6.75 Å². The van der Waals surface area contributed by atoms with Gasteiger partial charge < -0.3 is 14.0 Å². The molecule has 21 heavy (non-hydrogen) atoms. The molecule has 0 radical (unpaired) electrons. The fourth-order valence-corrected chi connectivity index (χ4v) is 2.41. The summed E-state index contributed by atoms with van der Waals surface area (Å²) in [4.78, 5) is 0. The SMILES string of the molecule is CC(C)O[B-](C#CC1=CCCCC1)(OC(C)C)OC(C)C. The molecule has 0 spiro atoms. The van der Waals surface area contributed by atoms with Crippen LogP contribution in [-0.4, -0.2) is 25.1 Å². The topological polar surface area (TPSA) is 27.7 Å². The van der Waals surface area contributed by atoms with E-state index in [9.17, 15) is 0 Å². The van der Waals surface area contributed by atoms with Crippen molar-refractivity contribution in [2.24, 2.45) is 0 Å². The Kier molecular flexibility index (Phi) is 7.52. The van der Waals surface area contributed by atoms with Gasteiger partial charge in [-0.25, -0.2) is 5.82 Å². The van der Waals surface area contributed by atoms with Crippen molar-refractivity contribution >= 4 is 6.75 Å². The summed E-state index contributed by atoms with van der Waals surface area (Å²) in [6.45, 7) is 9.82. The first-order valence-corrected chi connectivity index (χ1v) is 8.22. The maximum atomic E-state index is 5.97. The minimum Gasteiger partial charge on any atom is -0.532 e. The van der Waals surface area contributed by atoms with E-state index >= 15 is 0 Å². The van der Waals surface area contributed by atoms with Crippen LogP contribution in [0.3, 0.4) is 0 Å². The van der Waals surface area contributed by atoms with Crippen molar-refractivity contribution < 1.29 is 14.0 Å². The molecule has 0 atom stereocenters. The number of allylic oxidation sites excluding steroid dienone is 2. The second-order valence-electron chi connectivity index (χ2n) is 6.44. The maximum Gasteiger partial charge on any atom is 0.457 e. The summed E-state index contributed by atoms with van der Waals surface area (Å²) >= 11 is 0. The molecule has 3 nitrogen and oxygen atoms in total. The van der Waals surface area contributed by atoms with E-state index in [-0.39, 0.29) is 18.3 Å². The monoisotopic (exact) mass is 293 g/mol. The Balaban J connectivity index is 3.01. The third-order valence-corrected chi connectivity index (χ3v) is 3.05. The molecule has 0 aliphatic heterocycles. The van der Waals surface area contributed by atoms with Crippen LogP contribution in [0.4, 0.5) is 0 Å². The molecule has 120 valence electrons. The standard InChI is InChI=1S/C17H30BO3/c1-14(2)19-18(20-15(3)4,21-16(5)6)13-12-17-10-8-7-9-11-17/h10,14-16H,7-9,11H2,1-6H3/q-1. The molecule has 0 aromatic heterocycles. The second kappa shape index (κ2) is 8.63. The molecular formula is C17H30BO3-. The molecule has 0 N–H and O–H groups in total. The first kappa shape index (κ1) is 18.3. The average molecular weight is 293 g/mol. The summed E-state index contributed by atoms with van der Waals surface area (Å²) < 4.78 is 17.9. The van der Waals surface area contributed by atoms with E-state index in [1.54, 1.807) is 0 Å². The van der Waals surface area contributed by atoms with Crippen molar-refractivity contribution in [2.75, 3.05) is 0 Å². The summed E-state index contributed by atoms with van der Waals surface area (Å²) in [5, 5.41) is 0. The Morgan fingerprint density at radius 3 is 1.81 bits per heavy atom. The highest BCUT2D eigenvalue weighted by molar-refractivity contribution is 6.69.